The number of unbranched alkanes of at least 4 members (excludes halogenated alkanes) is 1. The highest BCUT2D eigenvalue weighted by Gasteiger charge is 2.37. The molecule has 1 nitrogen and oxygen atoms in total. The Labute approximate surface area is 103 Å². The Morgan fingerprint density at radius 2 is 1.88 bits per heavy atom. The first kappa shape index (κ1) is 15.9. The first-order chi connectivity index (χ1) is 7.24. The summed E-state index contributed by atoms with van der Waals surface area (Å²) in [5, 5.41) is 0.309. The van der Waals surface area contributed by atoms with Gasteiger partial charge in [-0.1, -0.05) is 46.6 Å². The number of rotatable bonds is 7. The topological polar surface area (TPSA) is 9.23 Å². The zero-order valence-electron chi connectivity index (χ0n) is 12.1. The quantitative estimate of drug-likeness (QED) is 0.451. The van der Waals surface area contributed by atoms with Crippen molar-refractivity contribution in [1.82, 2.24) is 0 Å². The lowest BCUT2D eigenvalue weighted by Gasteiger charge is -2.37. The molecule has 0 aliphatic heterocycles. The van der Waals surface area contributed by atoms with E-state index in [2.05, 4.69) is 53.4 Å². The van der Waals surface area contributed by atoms with E-state index >= 15 is 0 Å². The van der Waals surface area contributed by atoms with Gasteiger partial charge in [-0.05, 0) is 30.5 Å². The second-order valence-electron chi connectivity index (χ2n) is 6.21. The van der Waals surface area contributed by atoms with Crippen LogP contribution in [0.4, 0.5) is 0 Å². The van der Waals surface area contributed by atoms with E-state index in [4.69, 9.17) is 4.43 Å². The molecular formula is C14H30OSi. The first-order valence-corrected chi connectivity index (χ1v) is 9.42. The maximum atomic E-state index is 6.21. The Morgan fingerprint density at radius 3 is 2.25 bits per heavy atom. The summed E-state index contributed by atoms with van der Waals surface area (Å²) in [5.74, 6) is 0.536. The van der Waals surface area contributed by atoms with Gasteiger partial charge in [-0.2, -0.15) is 0 Å². The van der Waals surface area contributed by atoms with Crippen molar-refractivity contribution >= 4 is 8.32 Å². The van der Waals surface area contributed by atoms with Crippen LogP contribution in [0.3, 0.4) is 0 Å². The Kier molecular flexibility index (Phi) is 6.57. The molecule has 0 heterocycles. The summed E-state index contributed by atoms with van der Waals surface area (Å²) in [4.78, 5) is 0. The van der Waals surface area contributed by atoms with E-state index in [0.29, 0.717) is 11.0 Å². The SMILES string of the molecule is C=CC(CCCC)CO[Si](C)(C)C(C)(C)C. The van der Waals surface area contributed by atoms with Crippen LogP contribution < -0.4 is 0 Å². The summed E-state index contributed by atoms with van der Waals surface area (Å²) < 4.78 is 6.21. The van der Waals surface area contributed by atoms with Gasteiger partial charge in [0.25, 0.3) is 0 Å². The fraction of sp³-hybridized carbons (Fsp3) is 0.857. The monoisotopic (exact) mass is 242 g/mol. The third-order valence-corrected chi connectivity index (χ3v) is 8.23. The van der Waals surface area contributed by atoms with Crippen molar-refractivity contribution < 1.29 is 4.43 Å². The summed E-state index contributed by atoms with van der Waals surface area (Å²) >= 11 is 0. The van der Waals surface area contributed by atoms with Crippen molar-refractivity contribution in [3.8, 4) is 0 Å². The largest absolute Gasteiger partial charge is 0.416 e. The molecule has 1 atom stereocenters. The standard InChI is InChI=1S/C14H30OSi/c1-8-10-11-13(9-2)12-15-16(6,7)14(3,4)5/h9,13H,2,8,10-12H2,1,3-7H3. The molecule has 0 fully saturated rings. The van der Waals surface area contributed by atoms with Gasteiger partial charge in [-0.3, -0.25) is 0 Å². The van der Waals surface area contributed by atoms with Crippen molar-refractivity contribution in [2.75, 3.05) is 6.61 Å². The van der Waals surface area contributed by atoms with E-state index in [9.17, 15) is 0 Å². The van der Waals surface area contributed by atoms with Gasteiger partial charge in [0.2, 0.25) is 0 Å². The van der Waals surface area contributed by atoms with E-state index < -0.39 is 8.32 Å². The molecule has 1 unspecified atom stereocenters. The van der Waals surface area contributed by atoms with Gasteiger partial charge in [-0.25, -0.2) is 0 Å². The minimum Gasteiger partial charge on any atom is -0.416 e. The second-order valence-corrected chi connectivity index (χ2v) is 11.0. The fourth-order valence-electron chi connectivity index (χ4n) is 1.27. The van der Waals surface area contributed by atoms with E-state index in [0.717, 1.165) is 6.61 Å². The van der Waals surface area contributed by atoms with Crippen molar-refractivity contribution in [3.05, 3.63) is 12.7 Å². The summed E-state index contributed by atoms with van der Waals surface area (Å²) in [6.45, 7) is 18.5. The Hall–Kier alpha value is -0.0831. The number of hydrogen-bond donors (Lipinski definition) is 0. The molecule has 96 valence electrons. The molecule has 2 heteroatoms. The van der Waals surface area contributed by atoms with E-state index in [1.807, 2.05) is 0 Å². The Bertz CT molecular complexity index is 203. The third kappa shape index (κ3) is 5.31. The van der Waals surface area contributed by atoms with Crippen LogP contribution in [0.1, 0.15) is 47.0 Å². The minimum absolute atomic E-state index is 0.309. The summed E-state index contributed by atoms with van der Waals surface area (Å²) in [6.07, 6.45) is 5.80. The molecule has 0 aromatic rings. The van der Waals surface area contributed by atoms with Crippen LogP contribution in [0.2, 0.25) is 18.1 Å². The predicted molar refractivity (Wildman–Crippen MR) is 76.4 cm³/mol. The van der Waals surface area contributed by atoms with Crippen LogP contribution in [0.5, 0.6) is 0 Å². The molecular weight excluding hydrogens is 212 g/mol. The highest BCUT2D eigenvalue weighted by Crippen LogP contribution is 2.36. The zero-order chi connectivity index (χ0) is 12.8. The molecule has 0 aromatic heterocycles. The fourth-order valence-corrected chi connectivity index (χ4v) is 2.33. The highest BCUT2D eigenvalue weighted by molar-refractivity contribution is 6.74. The lowest BCUT2D eigenvalue weighted by atomic mass is 10.0. The molecule has 0 aliphatic rings. The number of hydrogen-bond acceptors (Lipinski definition) is 1. The van der Waals surface area contributed by atoms with Gasteiger partial charge < -0.3 is 4.43 Å². The van der Waals surface area contributed by atoms with Gasteiger partial charge in [0, 0.05) is 6.61 Å². The van der Waals surface area contributed by atoms with Gasteiger partial charge >= 0.3 is 0 Å². The maximum Gasteiger partial charge on any atom is 0.192 e. The van der Waals surface area contributed by atoms with E-state index in [1.165, 1.54) is 19.3 Å². The van der Waals surface area contributed by atoms with E-state index in [1.54, 1.807) is 0 Å². The molecule has 0 aromatic carbocycles. The molecule has 0 aliphatic carbocycles. The van der Waals surface area contributed by atoms with Crippen molar-refractivity contribution in [1.29, 1.82) is 0 Å². The normalized spacial score (nSPS) is 14.9. The van der Waals surface area contributed by atoms with E-state index in [-0.39, 0.29) is 0 Å². The van der Waals surface area contributed by atoms with Crippen molar-refractivity contribution in [3.63, 3.8) is 0 Å². The van der Waals surface area contributed by atoms with Crippen molar-refractivity contribution in [2.24, 2.45) is 5.92 Å². The van der Waals surface area contributed by atoms with Gasteiger partial charge in [0.1, 0.15) is 0 Å². The van der Waals surface area contributed by atoms with Crippen LogP contribution in [-0.4, -0.2) is 14.9 Å². The second kappa shape index (κ2) is 6.60. The summed E-state index contributed by atoms with van der Waals surface area (Å²) in [6, 6.07) is 0. The van der Waals surface area contributed by atoms with Gasteiger partial charge in [0.05, 0.1) is 0 Å². The first-order valence-electron chi connectivity index (χ1n) is 6.51. The molecule has 0 bridgehead atoms. The van der Waals surface area contributed by atoms with Crippen molar-refractivity contribution in [2.45, 2.75) is 65.1 Å². The minimum atomic E-state index is -1.57. The highest BCUT2D eigenvalue weighted by atomic mass is 28.4. The van der Waals surface area contributed by atoms with Crippen LogP contribution in [0.25, 0.3) is 0 Å². The van der Waals surface area contributed by atoms with Crippen LogP contribution in [0.15, 0.2) is 12.7 Å². The molecule has 16 heavy (non-hydrogen) atoms. The average molecular weight is 242 g/mol. The molecule has 0 rings (SSSR count). The Balaban J connectivity index is 4.15. The lowest BCUT2D eigenvalue weighted by molar-refractivity contribution is 0.243. The zero-order valence-corrected chi connectivity index (χ0v) is 13.1. The average Bonchev–Trinajstić information content (AvgIpc) is 2.16. The van der Waals surface area contributed by atoms with Gasteiger partial charge in [-0.15, -0.1) is 6.58 Å². The molecule has 0 saturated carbocycles. The van der Waals surface area contributed by atoms with Crippen LogP contribution in [0, 0.1) is 5.92 Å². The molecule has 0 radical (unpaired) electrons. The van der Waals surface area contributed by atoms with Gasteiger partial charge in [0.15, 0.2) is 8.32 Å². The smallest absolute Gasteiger partial charge is 0.192 e. The molecule has 0 saturated heterocycles. The molecule has 0 N–H and O–H groups in total. The Morgan fingerprint density at radius 1 is 1.31 bits per heavy atom. The molecule has 0 spiro atoms. The van der Waals surface area contributed by atoms with Crippen LogP contribution >= 0.6 is 0 Å². The van der Waals surface area contributed by atoms with Crippen LogP contribution in [-0.2, 0) is 4.43 Å². The molecule has 0 amide bonds. The lowest BCUT2D eigenvalue weighted by Crippen LogP contribution is -2.41. The summed E-state index contributed by atoms with van der Waals surface area (Å²) in [7, 11) is -1.57. The predicted octanol–water partition coefficient (Wildman–Crippen LogP) is 5.00. The summed E-state index contributed by atoms with van der Waals surface area (Å²) in [5.41, 5.74) is 0. The third-order valence-electron chi connectivity index (χ3n) is 3.73. The maximum absolute atomic E-state index is 6.21.